The molecule has 0 fully saturated rings. The Labute approximate surface area is 80.4 Å². The summed E-state index contributed by atoms with van der Waals surface area (Å²) in [6, 6.07) is 0. The lowest BCUT2D eigenvalue weighted by molar-refractivity contribution is 0.365. The zero-order chi connectivity index (χ0) is 9.35. The van der Waals surface area contributed by atoms with Gasteiger partial charge in [-0.2, -0.15) is 0 Å². The van der Waals surface area contributed by atoms with E-state index in [2.05, 4.69) is 41.9 Å². The van der Waals surface area contributed by atoms with E-state index in [-0.39, 0.29) is 5.41 Å². The van der Waals surface area contributed by atoms with Crippen LogP contribution in [0.2, 0.25) is 0 Å². The van der Waals surface area contributed by atoms with Crippen LogP contribution in [0.5, 0.6) is 0 Å². The molecule has 4 heteroatoms. The minimum absolute atomic E-state index is 0.00421. The van der Waals surface area contributed by atoms with E-state index in [1.54, 1.807) is 0 Å². The van der Waals surface area contributed by atoms with Gasteiger partial charge in [-0.15, -0.1) is 0 Å². The second-order valence-electron chi connectivity index (χ2n) is 3.72. The second kappa shape index (κ2) is 3.18. The number of nitrogens with zero attached hydrogens (tertiary/aromatic N) is 1. The van der Waals surface area contributed by atoms with Crippen molar-refractivity contribution in [2.24, 2.45) is 5.73 Å². The van der Waals surface area contributed by atoms with Crippen LogP contribution < -0.4 is 5.73 Å². The van der Waals surface area contributed by atoms with E-state index < -0.39 is 0 Å². The quantitative estimate of drug-likeness (QED) is 0.808. The topological polar surface area (TPSA) is 52.0 Å². The molecule has 0 saturated heterocycles. The van der Waals surface area contributed by atoms with Crippen molar-refractivity contribution in [1.82, 2.24) is 5.16 Å². The molecule has 12 heavy (non-hydrogen) atoms. The summed E-state index contributed by atoms with van der Waals surface area (Å²) in [6.07, 6.45) is 0. The van der Waals surface area contributed by atoms with E-state index in [9.17, 15) is 0 Å². The second-order valence-corrected chi connectivity index (χ2v) is 4.52. The molecule has 0 atom stereocenters. The molecule has 1 aromatic heterocycles. The van der Waals surface area contributed by atoms with Crippen LogP contribution in [-0.4, -0.2) is 5.16 Å². The van der Waals surface area contributed by atoms with Gasteiger partial charge in [-0.1, -0.05) is 25.9 Å². The maximum Gasteiger partial charge on any atom is 0.164 e. The summed E-state index contributed by atoms with van der Waals surface area (Å²) in [4.78, 5) is 0. The van der Waals surface area contributed by atoms with Crippen molar-refractivity contribution in [3.8, 4) is 0 Å². The standard InChI is InChI=1S/C8H13BrN2O/c1-8(2,3)7-6(9)5(4-10)12-11-7/h4,10H2,1-3H3. The molecule has 1 rings (SSSR count). The Bertz CT molecular complexity index is 275. The van der Waals surface area contributed by atoms with Crippen molar-refractivity contribution in [3.05, 3.63) is 15.9 Å². The SMILES string of the molecule is CC(C)(C)c1noc(CN)c1Br. The van der Waals surface area contributed by atoms with Crippen LogP contribution in [0.3, 0.4) is 0 Å². The van der Waals surface area contributed by atoms with E-state index in [1.165, 1.54) is 0 Å². The van der Waals surface area contributed by atoms with Crippen molar-refractivity contribution in [2.45, 2.75) is 32.7 Å². The Balaban J connectivity index is 3.11. The maximum absolute atomic E-state index is 5.44. The van der Waals surface area contributed by atoms with Gasteiger partial charge in [0.1, 0.15) is 5.69 Å². The molecule has 1 heterocycles. The molecule has 68 valence electrons. The predicted molar refractivity (Wildman–Crippen MR) is 50.8 cm³/mol. The molecule has 0 saturated carbocycles. The Morgan fingerprint density at radius 3 is 2.33 bits per heavy atom. The van der Waals surface area contributed by atoms with Crippen LogP contribution in [0.25, 0.3) is 0 Å². The summed E-state index contributed by atoms with van der Waals surface area (Å²) in [7, 11) is 0. The summed E-state index contributed by atoms with van der Waals surface area (Å²) in [5.41, 5.74) is 6.36. The molecule has 3 nitrogen and oxygen atoms in total. The number of hydrogen-bond acceptors (Lipinski definition) is 3. The number of nitrogens with two attached hydrogens (primary N) is 1. The summed E-state index contributed by atoms with van der Waals surface area (Å²) in [6.45, 7) is 6.62. The fourth-order valence-corrected chi connectivity index (χ4v) is 1.81. The predicted octanol–water partition coefficient (Wildman–Crippen LogP) is 2.19. The number of aromatic nitrogens is 1. The number of rotatable bonds is 1. The van der Waals surface area contributed by atoms with Crippen molar-refractivity contribution in [2.75, 3.05) is 0 Å². The van der Waals surface area contributed by atoms with E-state index in [0.29, 0.717) is 12.3 Å². The summed E-state index contributed by atoms with van der Waals surface area (Å²) in [5.74, 6) is 0.708. The first-order chi connectivity index (χ1) is 5.46. The fourth-order valence-electron chi connectivity index (χ4n) is 0.906. The van der Waals surface area contributed by atoms with Gasteiger partial charge in [0.25, 0.3) is 0 Å². The molecular formula is C8H13BrN2O. The lowest BCUT2D eigenvalue weighted by atomic mass is 9.92. The van der Waals surface area contributed by atoms with Crippen molar-refractivity contribution in [3.63, 3.8) is 0 Å². The monoisotopic (exact) mass is 232 g/mol. The van der Waals surface area contributed by atoms with Gasteiger partial charge in [-0.25, -0.2) is 0 Å². The third-order valence-corrected chi connectivity index (χ3v) is 2.41. The van der Waals surface area contributed by atoms with Crippen LogP contribution >= 0.6 is 15.9 Å². The van der Waals surface area contributed by atoms with Gasteiger partial charge in [0.2, 0.25) is 0 Å². The molecule has 0 amide bonds. The maximum atomic E-state index is 5.44. The Hall–Kier alpha value is -0.350. The van der Waals surface area contributed by atoms with Gasteiger partial charge in [-0.05, 0) is 15.9 Å². The van der Waals surface area contributed by atoms with E-state index in [1.807, 2.05) is 0 Å². The van der Waals surface area contributed by atoms with Crippen molar-refractivity contribution < 1.29 is 4.52 Å². The largest absolute Gasteiger partial charge is 0.359 e. The van der Waals surface area contributed by atoms with Gasteiger partial charge in [0.15, 0.2) is 5.76 Å². The highest BCUT2D eigenvalue weighted by Gasteiger charge is 2.23. The zero-order valence-corrected chi connectivity index (χ0v) is 9.10. The lowest BCUT2D eigenvalue weighted by Crippen LogP contribution is -2.12. The first-order valence-corrected chi connectivity index (χ1v) is 4.60. The van der Waals surface area contributed by atoms with Crippen molar-refractivity contribution in [1.29, 1.82) is 0 Å². The van der Waals surface area contributed by atoms with Crippen LogP contribution in [0.1, 0.15) is 32.2 Å². The first-order valence-electron chi connectivity index (χ1n) is 3.81. The summed E-state index contributed by atoms with van der Waals surface area (Å²) < 4.78 is 5.95. The Kier molecular flexibility index (Phi) is 2.58. The van der Waals surface area contributed by atoms with Crippen LogP contribution in [-0.2, 0) is 12.0 Å². The average Bonchev–Trinajstić information content (AvgIpc) is 2.29. The van der Waals surface area contributed by atoms with E-state index >= 15 is 0 Å². The molecule has 2 N–H and O–H groups in total. The van der Waals surface area contributed by atoms with Crippen LogP contribution in [0.4, 0.5) is 0 Å². The molecule has 0 aliphatic carbocycles. The lowest BCUT2D eigenvalue weighted by Gasteiger charge is -2.14. The van der Waals surface area contributed by atoms with Gasteiger partial charge in [0, 0.05) is 5.41 Å². The molecule has 0 bridgehead atoms. The van der Waals surface area contributed by atoms with Gasteiger partial charge < -0.3 is 10.3 Å². The van der Waals surface area contributed by atoms with Gasteiger partial charge >= 0.3 is 0 Å². The molecule has 0 spiro atoms. The molecule has 0 aliphatic rings. The average molecular weight is 233 g/mol. The minimum Gasteiger partial charge on any atom is -0.359 e. The highest BCUT2D eigenvalue weighted by molar-refractivity contribution is 9.10. The molecule has 0 unspecified atom stereocenters. The molecule has 1 aromatic rings. The summed E-state index contributed by atoms with van der Waals surface area (Å²) in [5, 5.41) is 3.96. The van der Waals surface area contributed by atoms with Gasteiger partial charge in [0.05, 0.1) is 11.0 Å². The fraction of sp³-hybridized carbons (Fsp3) is 0.625. The smallest absolute Gasteiger partial charge is 0.164 e. The highest BCUT2D eigenvalue weighted by Crippen LogP contribution is 2.30. The van der Waals surface area contributed by atoms with Gasteiger partial charge in [-0.3, -0.25) is 0 Å². The third kappa shape index (κ3) is 1.69. The molecule has 0 radical (unpaired) electrons. The molecule has 0 aromatic carbocycles. The van der Waals surface area contributed by atoms with Crippen LogP contribution in [0, 0.1) is 0 Å². The zero-order valence-electron chi connectivity index (χ0n) is 7.52. The Morgan fingerprint density at radius 2 is 2.08 bits per heavy atom. The first kappa shape index (κ1) is 9.74. The summed E-state index contributed by atoms with van der Waals surface area (Å²) >= 11 is 3.41. The van der Waals surface area contributed by atoms with E-state index in [0.717, 1.165) is 10.2 Å². The molecular weight excluding hydrogens is 220 g/mol. The van der Waals surface area contributed by atoms with Crippen LogP contribution in [0.15, 0.2) is 9.00 Å². The minimum atomic E-state index is -0.00421. The third-order valence-electron chi connectivity index (χ3n) is 1.60. The number of hydrogen-bond donors (Lipinski definition) is 1. The Morgan fingerprint density at radius 1 is 1.50 bits per heavy atom. The normalized spacial score (nSPS) is 12.1. The highest BCUT2D eigenvalue weighted by atomic mass is 79.9. The molecule has 0 aliphatic heterocycles. The van der Waals surface area contributed by atoms with Crippen molar-refractivity contribution >= 4 is 15.9 Å². The van der Waals surface area contributed by atoms with E-state index in [4.69, 9.17) is 10.3 Å². The number of halogens is 1.